The summed E-state index contributed by atoms with van der Waals surface area (Å²) in [4.78, 5) is 12.1. The molecule has 0 fully saturated rings. The number of hydrogen-bond acceptors (Lipinski definition) is 3. The summed E-state index contributed by atoms with van der Waals surface area (Å²) in [5.41, 5.74) is 2.01. The summed E-state index contributed by atoms with van der Waals surface area (Å²) in [5.74, 6) is 1.46. The smallest absolute Gasteiger partial charge is 0.224 e. The van der Waals surface area contributed by atoms with E-state index < -0.39 is 0 Å². The third kappa shape index (κ3) is 4.49. The van der Waals surface area contributed by atoms with Gasteiger partial charge < -0.3 is 14.8 Å². The molecule has 4 nitrogen and oxygen atoms in total. The van der Waals surface area contributed by atoms with E-state index in [2.05, 4.69) is 17.4 Å². The summed E-state index contributed by atoms with van der Waals surface area (Å²) in [6, 6.07) is 15.7. The molecule has 1 aliphatic rings. The Kier molecular flexibility index (Phi) is 5.14. The molecule has 0 radical (unpaired) electrons. The first-order valence-corrected chi connectivity index (χ1v) is 8.05. The maximum atomic E-state index is 12.1. The normalized spacial score (nSPS) is 13.2. The number of rotatable bonds is 5. The van der Waals surface area contributed by atoms with E-state index in [4.69, 9.17) is 9.47 Å². The van der Waals surface area contributed by atoms with E-state index in [1.165, 1.54) is 5.56 Å². The van der Waals surface area contributed by atoms with Crippen LogP contribution >= 0.6 is 0 Å². The molecule has 120 valence electrons. The second-order valence-corrected chi connectivity index (χ2v) is 5.60. The largest absolute Gasteiger partial charge is 0.490 e. The van der Waals surface area contributed by atoms with E-state index in [0.29, 0.717) is 25.4 Å². The fourth-order valence-corrected chi connectivity index (χ4v) is 2.56. The van der Waals surface area contributed by atoms with Crippen molar-refractivity contribution in [3.05, 3.63) is 54.1 Å². The Balaban J connectivity index is 1.50. The van der Waals surface area contributed by atoms with Gasteiger partial charge >= 0.3 is 0 Å². The average molecular weight is 311 g/mol. The predicted molar refractivity (Wildman–Crippen MR) is 90.1 cm³/mol. The highest BCUT2D eigenvalue weighted by Gasteiger charge is 2.11. The van der Waals surface area contributed by atoms with Crippen LogP contribution in [0.4, 0.5) is 5.69 Å². The van der Waals surface area contributed by atoms with Gasteiger partial charge in [-0.1, -0.05) is 30.3 Å². The Morgan fingerprint density at radius 2 is 1.78 bits per heavy atom. The van der Waals surface area contributed by atoms with Gasteiger partial charge in [0, 0.05) is 24.6 Å². The molecule has 2 aromatic rings. The number of carbonyl (C=O) groups excluding carboxylic acids is 1. The van der Waals surface area contributed by atoms with Gasteiger partial charge in [-0.05, 0) is 30.5 Å². The summed E-state index contributed by atoms with van der Waals surface area (Å²) in [5, 5.41) is 2.92. The van der Waals surface area contributed by atoms with Crippen LogP contribution in [-0.4, -0.2) is 19.1 Å². The highest BCUT2D eigenvalue weighted by Crippen LogP contribution is 2.32. The molecule has 0 bridgehead atoms. The molecular formula is C19H21NO3. The van der Waals surface area contributed by atoms with Crippen molar-refractivity contribution < 1.29 is 14.3 Å². The van der Waals surface area contributed by atoms with Gasteiger partial charge in [0.1, 0.15) is 0 Å². The van der Waals surface area contributed by atoms with Crippen molar-refractivity contribution >= 4 is 11.6 Å². The molecule has 0 saturated carbocycles. The number of nitrogens with one attached hydrogen (secondary N) is 1. The van der Waals surface area contributed by atoms with Gasteiger partial charge in [0.15, 0.2) is 11.5 Å². The molecule has 1 heterocycles. The number of amides is 1. The van der Waals surface area contributed by atoms with E-state index in [-0.39, 0.29) is 5.91 Å². The zero-order valence-electron chi connectivity index (χ0n) is 13.1. The van der Waals surface area contributed by atoms with Crippen molar-refractivity contribution in [2.45, 2.75) is 25.7 Å². The monoisotopic (exact) mass is 311 g/mol. The van der Waals surface area contributed by atoms with Crippen LogP contribution in [0.1, 0.15) is 24.8 Å². The summed E-state index contributed by atoms with van der Waals surface area (Å²) in [6.07, 6.45) is 3.12. The molecule has 0 aliphatic carbocycles. The minimum Gasteiger partial charge on any atom is -0.490 e. The molecule has 1 aliphatic heterocycles. The molecule has 23 heavy (non-hydrogen) atoms. The summed E-state index contributed by atoms with van der Waals surface area (Å²) >= 11 is 0. The molecule has 0 atom stereocenters. The molecule has 4 heteroatoms. The minimum atomic E-state index is 0.0235. The number of benzene rings is 2. The number of fused-ring (bicyclic) bond motifs is 1. The van der Waals surface area contributed by atoms with Gasteiger partial charge in [0.2, 0.25) is 5.91 Å². The molecule has 0 unspecified atom stereocenters. The number of carbonyl (C=O) groups is 1. The van der Waals surface area contributed by atoms with E-state index in [1.807, 2.05) is 36.4 Å². The van der Waals surface area contributed by atoms with Crippen LogP contribution in [0.3, 0.4) is 0 Å². The molecule has 1 N–H and O–H groups in total. The Labute approximate surface area is 136 Å². The van der Waals surface area contributed by atoms with Crippen LogP contribution in [-0.2, 0) is 11.2 Å². The lowest BCUT2D eigenvalue weighted by Gasteiger charge is -2.10. The SMILES string of the molecule is O=C(CCCc1ccccc1)Nc1ccc2c(c1)OCCCO2. The van der Waals surface area contributed by atoms with Gasteiger partial charge in [-0.2, -0.15) is 0 Å². The topological polar surface area (TPSA) is 47.6 Å². The fraction of sp³-hybridized carbons (Fsp3) is 0.316. The molecule has 0 aromatic heterocycles. The lowest BCUT2D eigenvalue weighted by molar-refractivity contribution is -0.116. The summed E-state index contributed by atoms with van der Waals surface area (Å²) in [6.45, 7) is 1.31. The number of anilines is 1. The Morgan fingerprint density at radius 1 is 1.00 bits per heavy atom. The highest BCUT2D eigenvalue weighted by atomic mass is 16.5. The van der Waals surface area contributed by atoms with E-state index in [1.54, 1.807) is 0 Å². The van der Waals surface area contributed by atoms with Crippen LogP contribution in [0.5, 0.6) is 11.5 Å². The predicted octanol–water partition coefficient (Wildman–Crippen LogP) is 3.81. The van der Waals surface area contributed by atoms with Crippen LogP contribution in [0.2, 0.25) is 0 Å². The third-order valence-corrected chi connectivity index (χ3v) is 3.74. The molecule has 0 spiro atoms. The second-order valence-electron chi connectivity index (χ2n) is 5.60. The van der Waals surface area contributed by atoms with Crippen molar-refractivity contribution in [2.75, 3.05) is 18.5 Å². The molecular weight excluding hydrogens is 290 g/mol. The van der Waals surface area contributed by atoms with Gasteiger partial charge in [-0.15, -0.1) is 0 Å². The van der Waals surface area contributed by atoms with Crippen molar-refractivity contribution in [2.24, 2.45) is 0 Å². The second kappa shape index (κ2) is 7.68. The molecule has 2 aromatic carbocycles. The summed E-state index contributed by atoms with van der Waals surface area (Å²) in [7, 11) is 0. The first-order chi connectivity index (χ1) is 11.3. The molecule has 3 rings (SSSR count). The maximum Gasteiger partial charge on any atom is 0.224 e. The van der Waals surface area contributed by atoms with Crippen molar-refractivity contribution in [3.63, 3.8) is 0 Å². The van der Waals surface area contributed by atoms with Crippen molar-refractivity contribution in [1.29, 1.82) is 0 Å². The van der Waals surface area contributed by atoms with Crippen molar-refractivity contribution in [3.8, 4) is 11.5 Å². The van der Waals surface area contributed by atoms with Gasteiger partial charge in [-0.3, -0.25) is 4.79 Å². The molecule has 0 saturated heterocycles. The fourth-order valence-electron chi connectivity index (χ4n) is 2.56. The lowest BCUT2D eigenvalue weighted by Crippen LogP contribution is -2.11. The highest BCUT2D eigenvalue weighted by molar-refractivity contribution is 5.91. The molecule has 1 amide bonds. The quantitative estimate of drug-likeness (QED) is 0.913. The van der Waals surface area contributed by atoms with Crippen LogP contribution in [0.25, 0.3) is 0 Å². The van der Waals surface area contributed by atoms with Gasteiger partial charge in [0.05, 0.1) is 13.2 Å². The number of ether oxygens (including phenoxy) is 2. The first kappa shape index (κ1) is 15.4. The zero-order chi connectivity index (χ0) is 15.9. The Morgan fingerprint density at radius 3 is 2.61 bits per heavy atom. The first-order valence-electron chi connectivity index (χ1n) is 8.05. The average Bonchev–Trinajstić information content (AvgIpc) is 2.81. The Hall–Kier alpha value is -2.49. The van der Waals surface area contributed by atoms with E-state index in [0.717, 1.165) is 30.7 Å². The number of aryl methyl sites for hydroxylation is 1. The standard InChI is InChI=1S/C19H21NO3/c21-19(9-4-8-15-6-2-1-3-7-15)20-16-10-11-17-18(14-16)23-13-5-12-22-17/h1-3,6-7,10-11,14H,4-5,8-9,12-13H2,(H,20,21). The number of hydrogen-bond donors (Lipinski definition) is 1. The van der Waals surface area contributed by atoms with Gasteiger partial charge in [0.25, 0.3) is 0 Å². The third-order valence-electron chi connectivity index (χ3n) is 3.74. The van der Waals surface area contributed by atoms with Gasteiger partial charge in [-0.25, -0.2) is 0 Å². The lowest BCUT2D eigenvalue weighted by atomic mass is 10.1. The van der Waals surface area contributed by atoms with E-state index in [9.17, 15) is 4.79 Å². The van der Waals surface area contributed by atoms with Crippen LogP contribution in [0.15, 0.2) is 48.5 Å². The van der Waals surface area contributed by atoms with E-state index >= 15 is 0 Å². The maximum absolute atomic E-state index is 12.1. The van der Waals surface area contributed by atoms with Crippen molar-refractivity contribution in [1.82, 2.24) is 0 Å². The Bertz CT molecular complexity index is 655. The zero-order valence-corrected chi connectivity index (χ0v) is 13.1. The minimum absolute atomic E-state index is 0.0235. The van der Waals surface area contributed by atoms with Crippen LogP contribution in [0, 0.1) is 0 Å². The van der Waals surface area contributed by atoms with Crippen LogP contribution < -0.4 is 14.8 Å². The summed E-state index contributed by atoms with van der Waals surface area (Å²) < 4.78 is 11.2.